The van der Waals surface area contributed by atoms with Crippen molar-refractivity contribution >= 4 is 35.1 Å². The first-order valence-corrected chi connectivity index (χ1v) is 12.9. The molecular formula is C29H30Cl2N2O3. The first-order chi connectivity index (χ1) is 17.2. The minimum Gasteiger partial charge on any atom is -0.481 e. The molecule has 2 N–H and O–H groups in total. The second kappa shape index (κ2) is 11.4. The van der Waals surface area contributed by atoms with Gasteiger partial charge in [-0.3, -0.25) is 14.6 Å². The molecule has 5 nitrogen and oxygen atoms in total. The van der Waals surface area contributed by atoms with Crippen LogP contribution in [0.3, 0.4) is 0 Å². The highest BCUT2D eigenvalue weighted by atomic mass is 35.5. The van der Waals surface area contributed by atoms with Gasteiger partial charge < -0.3 is 10.4 Å². The number of aliphatic carboxylic acids is 1. The number of halogens is 2. The third-order valence-electron chi connectivity index (χ3n) is 7.12. The second-order valence-corrected chi connectivity index (χ2v) is 10.6. The van der Waals surface area contributed by atoms with Gasteiger partial charge in [-0.2, -0.15) is 0 Å². The molecule has 1 aliphatic rings. The molecule has 1 amide bonds. The third kappa shape index (κ3) is 6.26. The summed E-state index contributed by atoms with van der Waals surface area (Å²) in [6, 6.07) is 21.2. The van der Waals surface area contributed by atoms with Crippen molar-refractivity contribution < 1.29 is 14.7 Å². The molecular weight excluding hydrogens is 495 g/mol. The van der Waals surface area contributed by atoms with Gasteiger partial charge in [-0.15, -0.1) is 0 Å². The fraction of sp³-hybridized carbons (Fsp3) is 0.345. The van der Waals surface area contributed by atoms with Crippen LogP contribution in [0.25, 0.3) is 0 Å². The number of carboxylic acids is 1. The Labute approximate surface area is 221 Å². The van der Waals surface area contributed by atoms with Crippen LogP contribution < -0.4 is 5.32 Å². The molecule has 0 bridgehead atoms. The Kier molecular flexibility index (Phi) is 8.32. The lowest BCUT2D eigenvalue weighted by Crippen LogP contribution is -2.52. The number of rotatable bonds is 8. The van der Waals surface area contributed by atoms with Crippen molar-refractivity contribution in [2.24, 2.45) is 5.92 Å². The number of aryl methyl sites for hydroxylation is 1. The molecule has 1 fully saturated rings. The van der Waals surface area contributed by atoms with E-state index < -0.39 is 11.9 Å². The van der Waals surface area contributed by atoms with E-state index in [0.717, 1.165) is 28.9 Å². The molecule has 2 aromatic carbocycles. The van der Waals surface area contributed by atoms with Crippen LogP contribution in [0.1, 0.15) is 66.5 Å². The maximum absolute atomic E-state index is 13.1. The number of pyridine rings is 1. The van der Waals surface area contributed by atoms with E-state index in [4.69, 9.17) is 28.2 Å². The predicted molar refractivity (Wildman–Crippen MR) is 143 cm³/mol. The molecule has 2 heterocycles. The zero-order chi connectivity index (χ0) is 25.8. The number of carbonyl (C=O) groups is 2. The summed E-state index contributed by atoms with van der Waals surface area (Å²) in [6.45, 7) is 4.12. The van der Waals surface area contributed by atoms with E-state index in [2.05, 4.69) is 12.2 Å². The number of hydrogen-bond acceptors (Lipinski definition) is 3. The average Bonchev–Trinajstić information content (AvgIpc) is 2.83. The lowest BCUT2D eigenvalue weighted by atomic mass is 9.71. The fourth-order valence-electron chi connectivity index (χ4n) is 5.32. The number of benzene rings is 2. The molecule has 1 saturated heterocycles. The Bertz CT molecular complexity index is 1230. The van der Waals surface area contributed by atoms with Gasteiger partial charge in [-0.05, 0) is 73.2 Å². The smallest absolute Gasteiger partial charge is 0.304 e. The number of piperidine rings is 1. The Hall–Kier alpha value is -2.89. The number of hydrogen-bond donors (Lipinski definition) is 2. The Morgan fingerprint density at radius 2 is 1.81 bits per heavy atom. The summed E-state index contributed by atoms with van der Waals surface area (Å²) in [5.41, 5.74) is 3.95. The molecule has 5 unspecified atom stereocenters. The minimum absolute atomic E-state index is 0.103. The van der Waals surface area contributed by atoms with Gasteiger partial charge >= 0.3 is 5.97 Å². The van der Waals surface area contributed by atoms with Crippen molar-refractivity contribution in [3.05, 3.63) is 99.3 Å². The van der Waals surface area contributed by atoms with E-state index in [-0.39, 0.29) is 36.1 Å². The van der Waals surface area contributed by atoms with E-state index in [1.165, 1.54) is 0 Å². The van der Waals surface area contributed by atoms with E-state index in [1.807, 2.05) is 73.7 Å². The Morgan fingerprint density at radius 1 is 1.08 bits per heavy atom. The van der Waals surface area contributed by atoms with E-state index in [1.54, 1.807) is 0 Å². The molecule has 5 atom stereocenters. The van der Waals surface area contributed by atoms with Crippen molar-refractivity contribution in [2.45, 2.75) is 56.9 Å². The van der Waals surface area contributed by atoms with Crippen LogP contribution in [0, 0.1) is 12.8 Å². The van der Waals surface area contributed by atoms with Crippen LogP contribution in [0.2, 0.25) is 10.0 Å². The summed E-state index contributed by atoms with van der Waals surface area (Å²) in [5, 5.41) is 13.9. The average molecular weight is 525 g/mol. The van der Waals surface area contributed by atoms with E-state index in [9.17, 15) is 14.7 Å². The predicted octanol–water partition coefficient (Wildman–Crippen LogP) is 6.74. The van der Waals surface area contributed by atoms with Gasteiger partial charge in [0.2, 0.25) is 5.91 Å². The van der Waals surface area contributed by atoms with E-state index >= 15 is 0 Å². The van der Waals surface area contributed by atoms with Crippen LogP contribution in [-0.4, -0.2) is 28.0 Å². The van der Waals surface area contributed by atoms with Gasteiger partial charge in [-0.25, -0.2) is 0 Å². The zero-order valence-corrected chi connectivity index (χ0v) is 21.8. The van der Waals surface area contributed by atoms with Gasteiger partial charge in [0.15, 0.2) is 0 Å². The second-order valence-electron chi connectivity index (χ2n) is 9.72. The van der Waals surface area contributed by atoms with Crippen LogP contribution in [-0.2, 0) is 9.59 Å². The van der Waals surface area contributed by atoms with Gasteiger partial charge in [0, 0.05) is 45.2 Å². The van der Waals surface area contributed by atoms with Crippen LogP contribution >= 0.6 is 23.2 Å². The molecule has 188 valence electrons. The van der Waals surface area contributed by atoms with Gasteiger partial charge in [0.25, 0.3) is 0 Å². The van der Waals surface area contributed by atoms with Crippen molar-refractivity contribution in [1.82, 2.24) is 10.3 Å². The SMILES string of the molecule is Cc1cccc(C(CC(C)c2ccc(Cl)cc2)C2NC(=O)C(CC(=O)O)CC2c2cccc(Cl)c2)n1. The number of nitrogens with one attached hydrogen (secondary N) is 1. The van der Waals surface area contributed by atoms with Gasteiger partial charge in [0.1, 0.15) is 0 Å². The third-order valence-corrected chi connectivity index (χ3v) is 7.61. The number of amides is 1. The summed E-state index contributed by atoms with van der Waals surface area (Å²) >= 11 is 12.5. The molecule has 0 radical (unpaired) electrons. The molecule has 0 spiro atoms. The highest BCUT2D eigenvalue weighted by Crippen LogP contribution is 2.43. The van der Waals surface area contributed by atoms with E-state index in [0.29, 0.717) is 16.5 Å². The highest BCUT2D eigenvalue weighted by Gasteiger charge is 2.42. The van der Waals surface area contributed by atoms with Gasteiger partial charge in [-0.1, -0.05) is 60.5 Å². The summed E-state index contributed by atoms with van der Waals surface area (Å²) < 4.78 is 0. The maximum atomic E-state index is 13.1. The standard InChI is InChI=1S/C29H30Cl2N2O3/c1-17(19-9-11-22(30)12-10-19)13-25(26-8-3-5-18(2)32-26)28-24(20-6-4-7-23(31)14-20)15-21(16-27(34)35)29(36)33-28/h3-12,14,17,21,24-25,28H,13,15-16H2,1-2H3,(H,33,36)(H,34,35). The number of carboxylic acid groups (broad SMARTS) is 1. The van der Waals surface area contributed by atoms with Crippen LogP contribution in [0.5, 0.6) is 0 Å². The monoisotopic (exact) mass is 524 g/mol. The molecule has 0 aliphatic carbocycles. The molecule has 36 heavy (non-hydrogen) atoms. The zero-order valence-electron chi connectivity index (χ0n) is 20.3. The quantitative estimate of drug-likeness (QED) is 0.342. The summed E-state index contributed by atoms with van der Waals surface area (Å²) in [7, 11) is 0. The Morgan fingerprint density at radius 3 is 2.47 bits per heavy atom. The van der Waals surface area contributed by atoms with Crippen molar-refractivity contribution in [3.8, 4) is 0 Å². The normalized spacial score (nSPS) is 21.4. The molecule has 3 aromatic rings. The number of nitrogens with zero attached hydrogens (tertiary/aromatic N) is 1. The first kappa shape index (κ1) is 26.2. The van der Waals surface area contributed by atoms with Crippen molar-refractivity contribution in [1.29, 1.82) is 0 Å². The number of carbonyl (C=O) groups excluding carboxylic acids is 1. The van der Waals surface area contributed by atoms with Crippen LogP contribution in [0.4, 0.5) is 0 Å². The minimum atomic E-state index is -0.980. The summed E-state index contributed by atoms with van der Waals surface area (Å²) in [5.74, 6) is -1.86. The van der Waals surface area contributed by atoms with Crippen molar-refractivity contribution in [3.63, 3.8) is 0 Å². The molecule has 7 heteroatoms. The molecule has 0 saturated carbocycles. The van der Waals surface area contributed by atoms with Gasteiger partial charge in [0.05, 0.1) is 6.42 Å². The molecule has 1 aromatic heterocycles. The summed E-state index contributed by atoms with van der Waals surface area (Å²) in [6.07, 6.45) is 0.967. The highest BCUT2D eigenvalue weighted by molar-refractivity contribution is 6.30. The molecule has 4 rings (SSSR count). The fourth-order valence-corrected chi connectivity index (χ4v) is 5.65. The van der Waals surface area contributed by atoms with Crippen molar-refractivity contribution in [2.75, 3.05) is 0 Å². The lowest BCUT2D eigenvalue weighted by Gasteiger charge is -2.41. The Balaban J connectivity index is 1.75. The lowest BCUT2D eigenvalue weighted by molar-refractivity contribution is -0.142. The topological polar surface area (TPSA) is 79.3 Å². The summed E-state index contributed by atoms with van der Waals surface area (Å²) in [4.78, 5) is 29.5. The first-order valence-electron chi connectivity index (χ1n) is 12.2. The molecule has 1 aliphatic heterocycles. The number of aromatic nitrogens is 1. The van der Waals surface area contributed by atoms with Crippen LogP contribution in [0.15, 0.2) is 66.7 Å². The maximum Gasteiger partial charge on any atom is 0.304 e. The largest absolute Gasteiger partial charge is 0.481 e.